The lowest BCUT2D eigenvalue weighted by Gasteiger charge is -2.29. The third-order valence-electron chi connectivity index (χ3n) is 4.59. The third kappa shape index (κ3) is 5.85. The van der Waals surface area contributed by atoms with Crippen molar-refractivity contribution in [2.75, 3.05) is 0 Å². The Balaban J connectivity index is 2.29. The van der Waals surface area contributed by atoms with Gasteiger partial charge in [-0.25, -0.2) is 4.57 Å². The number of hydrogen-bond acceptors (Lipinski definition) is 5. The maximum absolute atomic E-state index is 13.8. The first kappa shape index (κ1) is 22.0. The van der Waals surface area contributed by atoms with Crippen molar-refractivity contribution in [3.63, 3.8) is 0 Å². The third-order valence-corrected chi connectivity index (χ3v) is 6.78. The van der Waals surface area contributed by atoms with Crippen molar-refractivity contribution in [3.05, 3.63) is 60.7 Å². The largest absolute Gasteiger partial charge is 0.452 e. The zero-order chi connectivity index (χ0) is 20.6. The van der Waals surface area contributed by atoms with Crippen LogP contribution >= 0.6 is 7.60 Å². The Bertz CT molecular complexity index is 740. The molecule has 0 aromatic heterocycles. The molecule has 1 amide bonds. The van der Waals surface area contributed by atoms with Crippen LogP contribution in [0.2, 0.25) is 0 Å². The number of nitrogens with two attached hydrogens (primary N) is 1. The number of hydrogen-bond donors (Lipinski definition) is 2. The van der Waals surface area contributed by atoms with Gasteiger partial charge in [-0.1, -0.05) is 63.6 Å². The van der Waals surface area contributed by atoms with Crippen molar-refractivity contribution in [1.82, 2.24) is 5.32 Å². The van der Waals surface area contributed by atoms with E-state index in [1.165, 1.54) is 0 Å². The highest BCUT2D eigenvalue weighted by Crippen LogP contribution is 2.53. The Kier molecular flexibility index (Phi) is 8.09. The zero-order valence-electron chi connectivity index (χ0n) is 16.6. The fraction of sp³-hybridized carbons (Fsp3) is 0.381. The van der Waals surface area contributed by atoms with Crippen LogP contribution in [-0.2, 0) is 9.36 Å². The first-order valence-electron chi connectivity index (χ1n) is 9.54. The summed E-state index contributed by atoms with van der Waals surface area (Å²) in [7, 11) is -3.79. The number of nitrogens with one attached hydrogen (secondary N) is 1. The molecule has 2 unspecified atom stereocenters. The standard InChI is InChI=1S/C21H29N2O4P/c1-4-16(3)20(22)21(24)23-19(5-2)28(25,26-17-12-8-6-9-13-17)27-18-14-10-7-11-15-18/h6-16,19-20H,4-5,22H2,1-3H3,(H,23,24)/t16?,19?,20-/m0/s1. The topological polar surface area (TPSA) is 90.7 Å². The molecule has 3 atom stereocenters. The molecule has 6 nitrogen and oxygen atoms in total. The highest BCUT2D eigenvalue weighted by molar-refractivity contribution is 7.55. The molecule has 7 heteroatoms. The van der Waals surface area contributed by atoms with Crippen LogP contribution in [0.15, 0.2) is 60.7 Å². The summed E-state index contributed by atoms with van der Waals surface area (Å²) in [4.78, 5) is 12.6. The van der Waals surface area contributed by atoms with Gasteiger partial charge < -0.3 is 20.1 Å². The Morgan fingerprint density at radius 2 is 1.43 bits per heavy atom. The molecule has 3 N–H and O–H groups in total. The predicted octanol–water partition coefficient (Wildman–Crippen LogP) is 4.56. The van der Waals surface area contributed by atoms with E-state index in [0.29, 0.717) is 17.9 Å². The molecular weight excluding hydrogens is 375 g/mol. The number of carbonyl (C=O) groups excluding carboxylic acids is 1. The Hall–Kier alpha value is -2.30. The second kappa shape index (κ2) is 10.3. The molecule has 0 aliphatic heterocycles. The molecule has 2 aromatic carbocycles. The Labute approximate surface area is 167 Å². The zero-order valence-corrected chi connectivity index (χ0v) is 17.5. The van der Waals surface area contributed by atoms with E-state index in [2.05, 4.69) is 5.32 Å². The van der Waals surface area contributed by atoms with E-state index in [0.717, 1.165) is 6.42 Å². The van der Waals surface area contributed by atoms with Crippen molar-refractivity contribution in [2.45, 2.75) is 45.4 Å². The lowest BCUT2D eigenvalue weighted by atomic mass is 9.99. The average Bonchev–Trinajstić information content (AvgIpc) is 2.71. The molecule has 28 heavy (non-hydrogen) atoms. The monoisotopic (exact) mass is 404 g/mol. The summed E-state index contributed by atoms with van der Waals surface area (Å²) in [5, 5.41) is 2.79. The maximum Gasteiger partial charge on any atom is 0.452 e. The number of para-hydroxylation sites is 2. The molecule has 0 spiro atoms. The van der Waals surface area contributed by atoms with Crippen molar-refractivity contribution in [2.24, 2.45) is 11.7 Å². The van der Waals surface area contributed by atoms with Gasteiger partial charge in [0.15, 0.2) is 5.78 Å². The minimum atomic E-state index is -3.79. The van der Waals surface area contributed by atoms with E-state index in [4.69, 9.17) is 14.8 Å². The van der Waals surface area contributed by atoms with E-state index in [1.807, 2.05) is 32.9 Å². The van der Waals surface area contributed by atoms with Crippen LogP contribution in [0.1, 0.15) is 33.6 Å². The highest BCUT2D eigenvalue weighted by Gasteiger charge is 2.40. The summed E-state index contributed by atoms with van der Waals surface area (Å²) < 4.78 is 25.4. The van der Waals surface area contributed by atoms with Crippen molar-refractivity contribution < 1.29 is 18.4 Å². The SMILES string of the molecule is CCC(C)[C@H](N)C(=O)NC(CC)P(=O)(Oc1ccccc1)Oc1ccccc1. The van der Waals surface area contributed by atoms with Crippen molar-refractivity contribution in [1.29, 1.82) is 0 Å². The number of benzene rings is 2. The van der Waals surface area contributed by atoms with Gasteiger partial charge in [0.05, 0.1) is 6.04 Å². The lowest BCUT2D eigenvalue weighted by Crippen LogP contribution is -2.48. The normalized spacial score (nSPS) is 14.6. The molecular formula is C21H29N2O4P. The fourth-order valence-corrected chi connectivity index (χ4v) is 4.44. The van der Waals surface area contributed by atoms with Gasteiger partial charge in [0.1, 0.15) is 11.5 Å². The first-order valence-corrected chi connectivity index (χ1v) is 11.2. The number of amides is 1. The fourth-order valence-electron chi connectivity index (χ4n) is 2.58. The van der Waals surface area contributed by atoms with E-state index in [-0.39, 0.29) is 11.8 Å². The van der Waals surface area contributed by atoms with Crippen molar-refractivity contribution >= 4 is 13.5 Å². The smallest absolute Gasteiger partial charge is 0.415 e. The quantitative estimate of drug-likeness (QED) is 0.567. The second-order valence-corrected chi connectivity index (χ2v) is 8.76. The Morgan fingerprint density at radius 3 is 1.82 bits per heavy atom. The van der Waals surface area contributed by atoms with Crippen LogP contribution in [0.4, 0.5) is 0 Å². The first-order chi connectivity index (χ1) is 13.4. The van der Waals surface area contributed by atoms with E-state index in [1.54, 1.807) is 48.5 Å². The number of carbonyl (C=O) groups is 1. The van der Waals surface area contributed by atoms with E-state index < -0.39 is 19.4 Å². The van der Waals surface area contributed by atoms with Crippen LogP contribution in [0.3, 0.4) is 0 Å². The van der Waals surface area contributed by atoms with E-state index in [9.17, 15) is 9.36 Å². The van der Waals surface area contributed by atoms with Gasteiger partial charge in [0.25, 0.3) is 0 Å². The summed E-state index contributed by atoms with van der Waals surface area (Å²) >= 11 is 0. The predicted molar refractivity (Wildman–Crippen MR) is 111 cm³/mol. The molecule has 2 rings (SSSR count). The summed E-state index contributed by atoms with van der Waals surface area (Å²) in [5.41, 5.74) is 6.04. The molecule has 152 valence electrons. The van der Waals surface area contributed by atoms with Crippen molar-refractivity contribution in [3.8, 4) is 11.5 Å². The van der Waals surface area contributed by atoms with Gasteiger partial charge in [0, 0.05) is 0 Å². The summed E-state index contributed by atoms with van der Waals surface area (Å²) in [5.74, 6) is -0.395. The molecule has 0 fully saturated rings. The van der Waals surface area contributed by atoms with Crippen LogP contribution in [-0.4, -0.2) is 17.7 Å². The van der Waals surface area contributed by atoms with Gasteiger partial charge in [-0.3, -0.25) is 4.79 Å². The summed E-state index contributed by atoms with van der Waals surface area (Å²) in [6.45, 7) is 5.69. The summed E-state index contributed by atoms with van der Waals surface area (Å²) in [6, 6.07) is 16.9. The number of rotatable bonds is 10. The summed E-state index contributed by atoms with van der Waals surface area (Å²) in [6.07, 6.45) is 1.12. The molecule has 0 heterocycles. The van der Waals surface area contributed by atoms with Gasteiger partial charge in [-0.05, 0) is 36.6 Å². The molecule has 0 saturated carbocycles. The van der Waals surface area contributed by atoms with E-state index >= 15 is 0 Å². The molecule has 0 radical (unpaired) electrons. The average molecular weight is 404 g/mol. The van der Waals surface area contributed by atoms with Crippen LogP contribution in [0.25, 0.3) is 0 Å². The molecule has 0 aliphatic carbocycles. The highest BCUT2D eigenvalue weighted by atomic mass is 31.2. The van der Waals surface area contributed by atoms with Gasteiger partial charge >= 0.3 is 7.60 Å². The van der Waals surface area contributed by atoms with Gasteiger partial charge in [-0.15, -0.1) is 0 Å². The lowest BCUT2D eigenvalue weighted by molar-refractivity contribution is -0.123. The van der Waals surface area contributed by atoms with Crippen LogP contribution in [0, 0.1) is 5.92 Å². The molecule has 0 bridgehead atoms. The van der Waals surface area contributed by atoms with Crippen LogP contribution in [0.5, 0.6) is 11.5 Å². The van der Waals surface area contributed by atoms with Gasteiger partial charge in [-0.2, -0.15) is 0 Å². The molecule has 0 aliphatic rings. The maximum atomic E-state index is 13.8. The molecule has 2 aromatic rings. The Morgan fingerprint density at radius 1 is 0.964 bits per heavy atom. The minimum Gasteiger partial charge on any atom is -0.415 e. The second-order valence-electron chi connectivity index (χ2n) is 6.69. The van der Waals surface area contributed by atoms with Crippen LogP contribution < -0.4 is 20.1 Å². The minimum absolute atomic E-state index is 0.00183. The van der Waals surface area contributed by atoms with Gasteiger partial charge in [0.2, 0.25) is 5.91 Å². The molecule has 0 saturated heterocycles.